The zero-order chi connectivity index (χ0) is 16.2. The summed E-state index contributed by atoms with van der Waals surface area (Å²) >= 11 is 0. The fraction of sp³-hybridized carbons (Fsp3) is 0.333. The van der Waals surface area contributed by atoms with E-state index in [-0.39, 0.29) is 28.8 Å². The predicted octanol–water partition coefficient (Wildman–Crippen LogP) is 2.92. The van der Waals surface area contributed by atoms with E-state index in [1.807, 2.05) is 0 Å². The smallest absolute Gasteiger partial charge is 0.260 e. The molecule has 1 aromatic heterocycles. The highest BCUT2D eigenvalue weighted by atomic mass is 19.1. The van der Waals surface area contributed by atoms with E-state index in [9.17, 15) is 14.0 Å². The molecule has 1 N–H and O–H groups in total. The maximum atomic E-state index is 13.1. The molecule has 1 saturated heterocycles. The highest BCUT2D eigenvalue weighted by molar-refractivity contribution is 5.93. The molecule has 0 saturated carbocycles. The molecule has 1 amide bonds. The highest BCUT2D eigenvalue weighted by Crippen LogP contribution is 2.27. The number of carbonyl (C=O) groups is 1. The molecule has 4 nitrogen and oxygen atoms in total. The standard InChI is InChI=1S/C18H19FN2O2/c19-15-8-6-13(7-9-15)14-4-1-2-11-21(12-14)18(23)16-5-3-10-20-17(16)22/h3,5-10,14H,1-2,4,11-12H2,(H,20,22). The molecule has 1 unspecified atom stereocenters. The Morgan fingerprint density at radius 3 is 2.70 bits per heavy atom. The van der Waals surface area contributed by atoms with Crippen molar-refractivity contribution in [2.24, 2.45) is 0 Å². The van der Waals surface area contributed by atoms with Gasteiger partial charge in [-0.2, -0.15) is 0 Å². The number of aromatic nitrogens is 1. The van der Waals surface area contributed by atoms with E-state index >= 15 is 0 Å². The second-order valence-corrected chi connectivity index (χ2v) is 5.91. The third kappa shape index (κ3) is 3.50. The van der Waals surface area contributed by atoms with Crippen LogP contribution in [0, 0.1) is 5.82 Å². The summed E-state index contributed by atoms with van der Waals surface area (Å²) in [4.78, 5) is 28.8. The number of rotatable bonds is 2. The number of hydrogen-bond donors (Lipinski definition) is 1. The number of likely N-dealkylation sites (tertiary alicyclic amines) is 1. The van der Waals surface area contributed by atoms with Crippen LogP contribution in [0.25, 0.3) is 0 Å². The van der Waals surface area contributed by atoms with Crippen molar-refractivity contribution >= 4 is 5.91 Å². The predicted molar refractivity (Wildman–Crippen MR) is 86.0 cm³/mol. The molecule has 0 radical (unpaired) electrons. The molecular formula is C18H19FN2O2. The molecule has 0 spiro atoms. The molecule has 1 aromatic carbocycles. The number of amides is 1. The topological polar surface area (TPSA) is 53.2 Å². The lowest BCUT2D eigenvalue weighted by Crippen LogP contribution is -2.37. The van der Waals surface area contributed by atoms with Gasteiger partial charge in [0.15, 0.2) is 0 Å². The number of pyridine rings is 1. The van der Waals surface area contributed by atoms with Gasteiger partial charge in [0.2, 0.25) is 0 Å². The SMILES string of the molecule is O=C(c1ccc[nH]c1=O)N1CCCCC(c2ccc(F)cc2)C1. The number of H-pyrrole nitrogens is 1. The largest absolute Gasteiger partial charge is 0.338 e. The van der Waals surface area contributed by atoms with E-state index < -0.39 is 0 Å². The Bertz CT molecular complexity index is 739. The summed E-state index contributed by atoms with van der Waals surface area (Å²) in [6.07, 6.45) is 4.40. The first-order valence-corrected chi connectivity index (χ1v) is 7.87. The second-order valence-electron chi connectivity index (χ2n) is 5.91. The minimum absolute atomic E-state index is 0.171. The van der Waals surface area contributed by atoms with Crippen LogP contribution in [0.3, 0.4) is 0 Å². The zero-order valence-corrected chi connectivity index (χ0v) is 12.8. The van der Waals surface area contributed by atoms with Gasteiger partial charge in [0, 0.05) is 25.2 Å². The molecule has 5 heteroatoms. The molecule has 2 heterocycles. The van der Waals surface area contributed by atoms with Gasteiger partial charge in [0.05, 0.1) is 0 Å². The molecular weight excluding hydrogens is 295 g/mol. The van der Waals surface area contributed by atoms with Gasteiger partial charge in [-0.05, 0) is 42.7 Å². The molecule has 0 bridgehead atoms. The summed E-state index contributed by atoms with van der Waals surface area (Å²) in [6, 6.07) is 9.68. The van der Waals surface area contributed by atoms with E-state index in [0.29, 0.717) is 13.1 Å². The van der Waals surface area contributed by atoms with Gasteiger partial charge in [-0.25, -0.2) is 4.39 Å². The van der Waals surface area contributed by atoms with Crippen LogP contribution in [0.2, 0.25) is 0 Å². The Hall–Kier alpha value is -2.43. The Labute approximate surface area is 134 Å². The molecule has 1 atom stereocenters. The first kappa shape index (κ1) is 15.5. The van der Waals surface area contributed by atoms with Crippen molar-refractivity contribution in [3.8, 4) is 0 Å². The quantitative estimate of drug-likeness (QED) is 0.926. The summed E-state index contributed by atoms with van der Waals surface area (Å²) in [5.74, 6) is -0.322. The number of aromatic amines is 1. The van der Waals surface area contributed by atoms with Crippen LogP contribution < -0.4 is 5.56 Å². The average molecular weight is 314 g/mol. The van der Waals surface area contributed by atoms with Crippen molar-refractivity contribution in [1.29, 1.82) is 0 Å². The number of benzene rings is 1. The summed E-state index contributed by atoms with van der Waals surface area (Å²) < 4.78 is 13.1. The monoisotopic (exact) mass is 314 g/mol. The summed E-state index contributed by atoms with van der Waals surface area (Å²) in [7, 11) is 0. The van der Waals surface area contributed by atoms with Crippen LogP contribution in [0.15, 0.2) is 47.4 Å². The third-order valence-electron chi connectivity index (χ3n) is 4.35. The van der Waals surface area contributed by atoms with Gasteiger partial charge in [-0.15, -0.1) is 0 Å². The second kappa shape index (κ2) is 6.77. The zero-order valence-electron chi connectivity index (χ0n) is 12.8. The maximum Gasteiger partial charge on any atom is 0.260 e. The van der Waals surface area contributed by atoms with Crippen LogP contribution in [-0.4, -0.2) is 28.9 Å². The number of nitrogens with zero attached hydrogens (tertiary/aromatic N) is 1. The molecule has 1 aliphatic heterocycles. The van der Waals surface area contributed by atoms with E-state index in [1.165, 1.54) is 18.3 Å². The van der Waals surface area contributed by atoms with E-state index in [2.05, 4.69) is 4.98 Å². The van der Waals surface area contributed by atoms with Gasteiger partial charge in [0.25, 0.3) is 11.5 Å². The first-order valence-electron chi connectivity index (χ1n) is 7.87. The van der Waals surface area contributed by atoms with Crippen LogP contribution in [0.5, 0.6) is 0 Å². The lowest BCUT2D eigenvalue weighted by molar-refractivity contribution is 0.0752. The lowest BCUT2D eigenvalue weighted by Gasteiger charge is -2.24. The Balaban J connectivity index is 1.82. The molecule has 1 aliphatic rings. The van der Waals surface area contributed by atoms with Crippen molar-refractivity contribution in [2.45, 2.75) is 25.2 Å². The summed E-state index contributed by atoms with van der Waals surface area (Å²) in [5.41, 5.74) is 0.848. The maximum absolute atomic E-state index is 13.1. The van der Waals surface area contributed by atoms with Gasteiger partial charge in [-0.1, -0.05) is 18.6 Å². The summed E-state index contributed by atoms with van der Waals surface area (Å²) in [6.45, 7) is 1.20. The van der Waals surface area contributed by atoms with E-state index in [0.717, 1.165) is 24.8 Å². The fourth-order valence-corrected chi connectivity index (χ4v) is 3.09. The Morgan fingerprint density at radius 1 is 1.17 bits per heavy atom. The number of carbonyl (C=O) groups excluding carboxylic acids is 1. The fourth-order valence-electron chi connectivity index (χ4n) is 3.09. The molecule has 120 valence electrons. The van der Waals surface area contributed by atoms with Crippen molar-refractivity contribution in [2.75, 3.05) is 13.1 Å². The normalized spacial score (nSPS) is 18.5. The lowest BCUT2D eigenvalue weighted by atomic mass is 9.94. The van der Waals surface area contributed by atoms with Gasteiger partial charge < -0.3 is 9.88 Å². The molecule has 1 fully saturated rings. The number of halogens is 1. The minimum atomic E-state index is -0.361. The van der Waals surface area contributed by atoms with Crippen LogP contribution in [-0.2, 0) is 0 Å². The number of nitrogens with one attached hydrogen (secondary N) is 1. The van der Waals surface area contributed by atoms with Crippen molar-refractivity contribution in [3.63, 3.8) is 0 Å². The van der Waals surface area contributed by atoms with Crippen LogP contribution in [0.1, 0.15) is 41.1 Å². The summed E-state index contributed by atoms with van der Waals surface area (Å²) in [5, 5.41) is 0. The minimum Gasteiger partial charge on any atom is -0.338 e. The van der Waals surface area contributed by atoms with Crippen molar-refractivity contribution < 1.29 is 9.18 Å². The highest BCUT2D eigenvalue weighted by Gasteiger charge is 2.25. The van der Waals surface area contributed by atoms with Gasteiger partial charge >= 0.3 is 0 Å². The average Bonchev–Trinajstić information content (AvgIpc) is 2.81. The van der Waals surface area contributed by atoms with Gasteiger partial charge in [-0.3, -0.25) is 9.59 Å². The van der Waals surface area contributed by atoms with E-state index in [4.69, 9.17) is 0 Å². The third-order valence-corrected chi connectivity index (χ3v) is 4.35. The van der Waals surface area contributed by atoms with Crippen LogP contribution >= 0.6 is 0 Å². The molecule has 0 aliphatic carbocycles. The first-order chi connectivity index (χ1) is 11.1. The number of hydrogen-bond acceptors (Lipinski definition) is 2. The van der Waals surface area contributed by atoms with Crippen molar-refractivity contribution in [3.05, 3.63) is 69.9 Å². The Morgan fingerprint density at radius 2 is 1.96 bits per heavy atom. The molecule has 3 rings (SSSR count). The molecule has 23 heavy (non-hydrogen) atoms. The van der Waals surface area contributed by atoms with Crippen LogP contribution in [0.4, 0.5) is 4.39 Å². The van der Waals surface area contributed by atoms with E-state index in [1.54, 1.807) is 29.2 Å². The van der Waals surface area contributed by atoms with Crippen molar-refractivity contribution in [1.82, 2.24) is 9.88 Å². The molecule has 2 aromatic rings. The van der Waals surface area contributed by atoms with Gasteiger partial charge in [0.1, 0.15) is 11.4 Å². The Kier molecular flexibility index (Phi) is 4.55.